The second kappa shape index (κ2) is 8.18. The second-order valence-corrected chi connectivity index (χ2v) is 8.01. The molecule has 1 saturated heterocycles. The van der Waals surface area contributed by atoms with Crippen LogP contribution < -0.4 is 16.0 Å². The van der Waals surface area contributed by atoms with Crippen LogP contribution in [0.25, 0.3) is 11.0 Å². The van der Waals surface area contributed by atoms with E-state index in [0.717, 1.165) is 47.3 Å². The van der Waals surface area contributed by atoms with E-state index in [1.54, 1.807) is 12.5 Å². The van der Waals surface area contributed by atoms with Gasteiger partial charge < -0.3 is 20.4 Å². The Morgan fingerprint density at radius 2 is 2.07 bits per heavy atom. The van der Waals surface area contributed by atoms with Gasteiger partial charge in [-0.2, -0.15) is 0 Å². The molecule has 4 rings (SSSR count). The monoisotopic (exact) mass is 406 g/mol. The zero-order valence-electron chi connectivity index (χ0n) is 17.3. The van der Waals surface area contributed by atoms with Gasteiger partial charge in [-0.3, -0.25) is 9.59 Å². The molecule has 0 bridgehead atoms. The Morgan fingerprint density at radius 3 is 2.80 bits per heavy atom. The molecule has 30 heavy (non-hydrogen) atoms. The maximum Gasteiger partial charge on any atom is 0.228 e. The third-order valence-electron chi connectivity index (χ3n) is 5.80. The van der Waals surface area contributed by atoms with E-state index < -0.39 is 0 Å². The summed E-state index contributed by atoms with van der Waals surface area (Å²) in [7, 11) is 0. The van der Waals surface area contributed by atoms with Gasteiger partial charge in [0, 0.05) is 24.0 Å². The summed E-state index contributed by atoms with van der Waals surface area (Å²) in [6, 6.07) is 7.75. The van der Waals surface area contributed by atoms with Crippen molar-refractivity contribution in [1.29, 1.82) is 0 Å². The van der Waals surface area contributed by atoms with Crippen LogP contribution in [-0.2, 0) is 16.0 Å². The van der Waals surface area contributed by atoms with Gasteiger partial charge in [0.2, 0.25) is 11.8 Å². The molecule has 1 atom stereocenters. The topological polar surface area (TPSA) is 101 Å². The van der Waals surface area contributed by atoms with E-state index in [0.29, 0.717) is 12.2 Å². The van der Waals surface area contributed by atoms with E-state index in [1.807, 2.05) is 32.0 Å². The smallest absolute Gasteiger partial charge is 0.228 e. The molecule has 7 heteroatoms. The van der Waals surface area contributed by atoms with Crippen molar-refractivity contribution >= 4 is 34.3 Å². The quantitative estimate of drug-likeness (QED) is 0.677. The van der Waals surface area contributed by atoms with Crippen LogP contribution in [0.3, 0.4) is 0 Å². The molecule has 7 nitrogen and oxygen atoms in total. The maximum absolute atomic E-state index is 12.5. The van der Waals surface area contributed by atoms with Crippen molar-refractivity contribution in [2.75, 3.05) is 23.3 Å². The summed E-state index contributed by atoms with van der Waals surface area (Å²) in [5.41, 5.74) is 10.1. The minimum absolute atomic E-state index is 0.128. The normalized spacial score (nSPS) is 16.6. The van der Waals surface area contributed by atoms with Crippen LogP contribution in [0.2, 0.25) is 0 Å². The number of benzene rings is 1. The van der Waals surface area contributed by atoms with Crippen molar-refractivity contribution in [1.82, 2.24) is 4.98 Å². The summed E-state index contributed by atoms with van der Waals surface area (Å²) in [6.45, 7) is 5.51. The van der Waals surface area contributed by atoms with Crippen molar-refractivity contribution in [3.8, 4) is 0 Å². The van der Waals surface area contributed by atoms with Gasteiger partial charge in [-0.1, -0.05) is 0 Å². The molecule has 1 aliphatic heterocycles. The number of aromatic nitrogens is 1. The van der Waals surface area contributed by atoms with Gasteiger partial charge in [-0.25, -0.2) is 4.98 Å². The highest BCUT2D eigenvalue weighted by Gasteiger charge is 2.24. The number of nitrogens with two attached hydrogens (primary N) is 1. The Bertz CT molecular complexity index is 1090. The van der Waals surface area contributed by atoms with Crippen LogP contribution >= 0.6 is 0 Å². The first-order chi connectivity index (χ1) is 14.4. The zero-order valence-corrected chi connectivity index (χ0v) is 17.3. The van der Waals surface area contributed by atoms with Gasteiger partial charge in [-0.15, -0.1) is 0 Å². The van der Waals surface area contributed by atoms with Crippen LogP contribution in [0.1, 0.15) is 29.5 Å². The average molecular weight is 406 g/mol. The number of furan rings is 1. The largest absolute Gasteiger partial charge is 0.464 e. The number of nitrogens with zero attached hydrogens (tertiary/aromatic N) is 2. The molecule has 3 aromatic rings. The molecule has 1 fully saturated rings. The number of amides is 2. The summed E-state index contributed by atoms with van der Waals surface area (Å²) in [6.07, 6.45) is 5.24. The van der Waals surface area contributed by atoms with Crippen molar-refractivity contribution < 1.29 is 14.0 Å². The van der Waals surface area contributed by atoms with Gasteiger partial charge in [0.05, 0.1) is 30.5 Å². The highest BCUT2D eigenvalue weighted by atomic mass is 16.3. The molecule has 0 aliphatic carbocycles. The number of carbonyl (C=O) groups excluding carboxylic acids is 2. The number of piperidine rings is 1. The van der Waals surface area contributed by atoms with E-state index in [1.165, 1.54) is 5.56 Å². The lowest BCUT2D eigenvalue weighted by atomic mass is 9.97. The van der Waals surface area contributed by atoms with Crippen LogP contribution in [0.15, 0.2) is 41.1 Å². The second-order valence-electron chi connectivity index (χ2n) is 8.01. The molecule has 1 aromatic carbocycles. The third kappa shape index (κ3) is 4.15. The molecule has 156 valence electrons. The van der Waals surface area contributed by atoms with Gasteiger partial charge in [-0.05, 0) is 62.1 Å². The van der Waals surface area contributed by atoms with Crippen LogP contribution in [0.4, 0.5) is 11.5 Å². The lowest BCUT2D eigenvalue weighted by Crippen LogP contribution is -2.41. The molecule has 0 saturated carbocycles. The number of nitrogens with one attached hydrogen (secondary N) is 1. The van der Waals surface area contributed by atoms with Crippen LogP contribution in [-0.4, -0.2) is 29.9 Å². The first-order valence-corrected chi connectivity index (χ1v) is 10.2. The van der Waals surface area contributed by atoms with Gasteiger partial charge in [0.15, 0.2) is 0 Å². The molecular formula is C23H26N4O3. The zero-order chi connectivity index (χ0) is 21.3. The number of rotatable bonds is 5. The van der Waals surface area contributed by atoms with Crippen molar-refractivity contribution in [2.45, 2.75) is 33.1 Å². The van der Waals surface area contributed by atoms with Gasteiger partial charge in [0.25, 0.3) is 0 Å². The molecule has 3 heterocycles. The van der Waals surface area contributed by atoms with E-state index in [4.69, 9.17) is 10.2 Å². The summed E-state index contributed by atoms with van der Waals surface area (Å²) in [5.74, 6) is 0.251. The number of primary amides is 1. The predicted molar refractivity (Wildman–Crippen MR) is 116 cm³/mol. The minimum atomic E-state index is -0.263. The average Bonchev–Trinajstić information content (AvgIpc) is 3.10. The number of anilines is 2. The number of pyridine rings is 1. The Labute approximate surface area is 175 Å². The van der Waals surface area contributed by atoms with Gasteiger partial charge in [0.1, 0.15) is 11.4 Å². The highest BCUT2D eigenvalue weighted by Crippen LogP contribution is 2.26. The minimum Gasteiger partial charge on any atom is -0.464 e. The Hall–Kier alpha value is -3.35. The first kappa shape index (κ1) is 19.9. The number of fused-ring (bicyclic) bond motifs is 1. The molecule has 1 unspecified atom stereocenters. The molecule has 2 aromatic heterocycles. The SMILES string of the molecule is Cc1cc2occ(CC(=O)Nc3ccc(N4CCCC(C(N)=O)C4)nc3)c2cc1C. The van der Waals surface area contributed by atoms with E-state index in [2.05, 4.69) is 21.3 Å². The Balaban J connectivity index is 1.41. The number of hydrogen-bond donors (Lipinski definition) is 2. The summed E-state index contributed by atoms with van der Waals surface area (Å²) < 4.78 is 5.61. The van der Waals surface area contributed by atoms with Crippen molar-refractivity contribution in [2.24, 2.45) is 11.7 Å². The fourth-order valence-electron chi connectivity index (χ4n) is 3.92. The van der Waals surface area contributed by atoms with Crippen molar-refractivity contribution in [3.05, 3.63) is 53.4 Å². The van der Waals surface area contributed by atoms with E-state index in [-0.39, 0.29) is 24.2 Å². The van der Waals surface area contributed by atoms with Gasteiger partial charge >= 0.3 is 0 Å². The summed E-state index contributed by atoms with van der Waals surface area (Å²) in [5, 5.41) is 3.86. The van der Waals surface area contributed by atoms with Crippen LogP contribution in [0, 0.1) is 19.8 Å². The Kier molecular flexibility index (Phi) is 5.44. The molecule has 3 N–H and O–H groups in total. The molecule has 0 spiro atoms. The third-order valence-corrected chi connectivity index (χ3v) is 5.80. The lowest BCUT2D eigenvalue weighted by molar-refractivity contribution is -0.122. The number of aryl methyl sites for hydroxylation is 2. The fourth-order valence-corrected chi connectivity index (χ4v) is 3.92. The molecular weight excluding hydrogens is 380 g/mol. The fraction of sp³-hybridized carbons (Fsp3) is 0.348. The molecule has 2 amide bonds. The highest BCUT2D eigenvalue weighted by molar-refractivity contribution is 5.95. The summed E-state index contributed by atoms with van der Waals surface area (Å²) in [4.78, 5) is 30.5. The number of hydrogen-bond acceptors (Lipinski definition) is 5. The predicted octanol–water partition coefficient (Wildman–Crippen LogP) is 3.33. The van der Waals surface area contributed by atoms with E-state index in [9.17, 15) is 9.59 Å². The van der Waals surface area contributed by atoms with E-state index >= 15 is 0 Å². The number of carbonyl (C=O) groups is 2. The van der Waals surface area contributed by atoms with Crippen molar-refractivity contribution in [3.63, 3.8) is 0 Å². The molecule has 0 radical (unpaired) electrons. The first-order valence-electron chi connectivity index (χ1n) is 10.2. The molecule has 1 aliphatic rings. The standard InChI is InChI=1S/C23H26N4O3/c1-14-8-19-17(13-30-20(19)9-15(14)2)10-22(28)26-18-5-6-21(25-11-18)27-7-3-4-16(12-27)23(24)29/h5-6,8-9,11,13,16H,3-4,7,10,12H2,1-2H3,(H2,24,29)(H,26,28). The Morgan fingerprint density at radius 1 is 1.27 bits per heavy atom. The summed E-state index contributed by atoms with van der Waals surface area (Å²) >= 11 is 0. The lowest BCUT2D eigenvalue weighted by Gasteiger charge is -2.32. The van der Waals surface area contributed by atoms with Crippen LogP contribution in [0.5, 0.6) is 0 Å². The maximum atomic E-state index is 12.5.